The van der Waals surface area contributed by atoms with Gasteiger partial charge < -0.3 is 10.0 Å². The van der Waals surface area contributed by atoms with Gasteiger partial charge in [0.1, 0.15) is 6.07 Å². The molecule has 0 aromatic heterocycles. The maximum absolute atomic E-state index is 10.9. The molecule has 4 nitrogen and oxygen atoms in total. The predicted octanol–water partition coefficient (Wildman–Crippen LogP) is 2.74. The van der Waals surface area contributed by atoms with Gasteiger partial charge in [-0.1, -0.05) is 13.8 Å². The number of benzene rings is 1. The average molecular weight is 258 g/mol. The molecule has 2 rings (SSSR count). The molecule has 1 aliphatic heterocycles. The fourth-order valence-corrected chi connectivity index (χ4v) is 2.89. The zero-order chi connectivity index (χ0) is 14.0. The molecule has 0 saturated carbocycles. The predicted molar refractivity (Wildman–Crippen MR) is 73.3 cm³/mol. The topological polar surface area (TPSA) is 64.3 Å². The molecule has 19 heavy (non-hydrogen) atoms. The Morgan fingerprint density at radius 1 is 1.37 bits per heavy atom. The number of anilines is 1. The minimum Gasteiger partial charge on any atom is -0.478 e. The molecule has 1 aliphatic rings. The number of carboxylic acids is 1. The lowest BCUT2D eigenvalue weighted by molar-refractivity contribution is 0.0697. The highest BCUT2D eigenvalue weighted by molar-refractivity contribution is 5.89. The number of hydrogen-bond acceptors (Lipinski definition) is 3. The van der Waals surface area contributed by atoms with Gasteiger partial charge in [0.05, 0.1) is 16.8 Å². The van der Waals surface area contributed by atoms with Crippen LogP contribution in [0.25, 0.3) is 0 Å². The maximum atomic E-state index is 10.9. The summed E-state index contributed by atoms with van der Waals surface area (Å²) in [5.41, 5.74) is 1.46. The lowest BCUT2D eigenvalue weighted by Gasteiger charge is -2.37. The van der Waals surface area contributed by atoms with Crippen molar-refractivity contribution in [3.05, 3.63) is 29.3 Å². The third-order valence-electron chi connectivity index (χ3n) is 3.57. The Labute approximate surface area is 113 Å². The quantitative estimate of drug-likeness (QED) is 0.885. The van der Waals surface area contributed by atoms with E-state index in [2.05, 4.69) is 24.8 Å². The van der Waals surface area contributed by atoms with E-state index in [-0.39, 0.29) is 5.56 Å². The first-order valence-electron chi connectivity index (χ1n) is 6.53. The minimum absolute atomic E-state index is 0.165. The molecule has 100 valence electrons. The Balaban J connectivity index is 2.34. The maximum Gasteiger partial charge on any atom is 0.335 e. The zero-order valence-electron chi connectivity index (χ0n) is 11.3. The van der Waals surface area contributed by atoms with Gasteiger partial charge in [-0.2, -0.15) is 5.26 Å². The second-order valence-corrected chi connectivity index (χ2v) is 5.50. The molecule has 4 heteroatoms. The zero-order valence-corrected chi connectivity index (χ0v) is 11.3. The first-order chi connectivity index (χ1) is 9.01. The Morgan fingerprint density at radius 2 is 2.00 bits per heavy atom. The summed E-state index contributed by atoms with van der Waals surface area (Å²) in [5, 5.41) is 18.2. The van der Waals surface area contributed by atoms with Crippen molar-refractivity contribution in [1.82, 2.24) is 0 Å². The van der Waals surface area contributed by atoms with E-state index < -0.39 is 5.97 Å². The van der Waals surface area contributed by atoms with E-state index >= 15 is 0 Å². The van der Waals surface area contributed by atoms with Crippen LogP contribution in [0.3, 0.4) is 0 Å². The highest BCUT2D eigenvalue weighted by Crippen LogP contribution is 2.29. The molecule has 1 saturated heterocycles. The van der Waals surface area contributed by atoms with Crippen molar-refractivity contribution in [2.75, 3.05) is 18.0 Å². The number of carbonyl (C=O) groups is 1. The molecule has 0 spiro atoms. The highest BCUT2D eigenvalue weighted by Gasteiger charge is 2.24. The molecule has 1 aromatic carbocycles. The van der Waals surface area contributed by atoms with E-state index in [0.29, 0.717) is 17.4 Å². The smallest absolute Gasteiger partial charge is 0.335 e. The van der Waals surface area contributed by atoms with Crippen LogP contribution in [0.15, 0.2) is 18.2 Å². The van der Waals surface area contributed by atoms with Gasteiger partial charge in [-0.05, 0) is 36.5 Å². The Morgan fingerprint density at radius 3 is 2.53 bits per heavy atom. The van der Waals surface area contributed by atoms with Crippen LogP contribution >= 0.6 is 0 Å². The summed E-state index contributed by atoms with van der Waals surface area (Å²) >= 11 is 0. The van der Waals surface area contributed by atoms with Crippen molar-refractivity contribution >= 4 is 11.7 Å². The van der Waals surface area contributed by atoms with E-state index in [4.69, 9.17) is 5.11 Å². The van der Waals surface area contributed by atoms with Gasteiger partial charge in [-0.15, -0.1) is 0 Å². The van der Waals surface area contributed by atoms with Gasteiger partial charge in [0.25, 0.3) is 0 Å². The molecule has 1 N–H and O–H groups in total. The first-order valence-corrected chi connectivity index (χ1v) is 6.53. The summed E-state index contributed by atoms with van der Waals surface area (Å²) < 4.78 is 0. The lowest BCUT2D eigenvalue weighted by Crippen LogP contribution is -2.39. The van der Waals surface area contributed by atoms with Gasteiger partial charge in [0.15, 0.2) is 0 Å². The summed E-state index contributed by atoms with van der Waals surface area (Å²) in [5.74, 6) is 0.187. The van der Waals surface area contributed by atoms with Crippen LogP contribution in [0.2, 0.25) is 0 Å². The Hall–Kier alpha value is -2.02. The van der Waals surface area contributed by atoms with Crippen molar-refractivity contribution in [1.29, 1.82) is 5.26 Å². The minimum atomic E-state index is -0.997. The molecule has 0 aliphatic carbocycles. The molecular formula is C15H18N2O2. The van der Waals surface area contributed by atoms with Crippen LogP contribution < -0.4 is 4.90 Å². The van der Waals surface area contributed by atoms with Crippen LogP contribution in [-0.2, 0) is 0 Å². The van der Waals surface area contributed by atoms with Crippen LogP contribution in [0.5, 0.6) is 0 Å². The van der Waals surface area contributed by atoms with Crippen LogP contribution in [-0.4, -0.2) is 24.2 Å². The number of nitriles is 1. The van der Waals surface area contributed by atoms with E-state index in [1.165, 1.54) is 12.5 Å². The first kappa shape index (κ1) is 13.4. The third kappa shape index (κ3) is 2.87. The van der Waals surface area contributed by atoms with Crippen molar-refractivity contribution < 1.29 is 9.90 Å². The highest BCUT2D eigenvalue weighted by atomic mass is 16.4. The average Bonchev–Trinajstić information content (AvgIpc) is 2.36. The summed E-state index contributed by atoms with van der Waals surface area (Å²) in [4.78, 5) is 13.1. The molecule has 0 radical (unpaired) electrons. The van der Waals surface area contributed by atoms with E-state index in [0.717, 1.165) is 18.8 Å². The number of piperidine rings is 1. The molecule has 0 bridgehead atoms. The lowest BCUT2D eigenvalue weighted by atomic mass is 9.91. The van der Waals surface area contributed by atoms with Crippen LogP contribution in [0.4, 0.5) is 5.69 Å². The number of aromatic carboxylic acids is 1. The molecule has 2 atom stereocenters. The van der Waals surface area contributed by atoms with Gasteiger partial charge in [0, 0.05) is 13.1 Å². The second kappa shape index (κ2) is 5.31. The number of rotatable bonds is 2. The van der Waals surface area contributed by atoms with Gasteiger partial charge in [-0.25, -0.2) is 4.79 Å². The fraction of sp³-hybridized carbons (Fsp3) is 0.467. The van der Waals surface area contributed by atoms with Crippen molar-refractivity contribution in [3.8, 4) is 6.07 Å². The van der Waals surface area contributed by atoms with Crippen LogP contribution in [0, 0.1) is 23.2 Å². The standard InChI is InChI=1S/C15H18N2O2/c1-10-5-11(2)9-17(8-10)14-4-3-12(15(18)19)6-13(14)7-16/h3-4,6,10-11H,5,8-9H2,1-2H3,(H,18,19). The Kier molecular flexibility index (Phi) is 3.75. The molecule has 1 fully saturated rings. The van der Waals surface area contributed by atoms with Crippen molar-refractivity contribution in [2.45, 2.75) is 20.3 Å². The normalized spacial score (nSPS) is 22.9. The summed E-state index contributed by atoms with van der Waals surface area (Å²) in [6.07, 6.45) is 1.20. The van der Waals surface area contributed by atoms with Crippen LogP contribution in [0.1, 0.15) is 36.2 Å². The third-order valence-corrected chi connectivity index (χ3v) is 3.57. The van der Waals surface area contributed by atoms with Crippen molar-refractivity contribution in [3.63, 3.8) is 0 Å². The number of hydrogen-bond donors (Lipinski definition) is 1. The van der Waals surface area contributed by atoms with Crippen molar-refractivity contribution in [2.24, 2.45) is 11.8 Å². The van der Waals surface area contributed by atoms with E-state index in [1.54, 1.807) is 12.1 Å². The van der Waals surface area contributed by atoms with E-state index in [1.807, 2.05) is 0 Å². The van der Waals surface area contributed by atoms with Gasteiger partial charge in [0.2, 0.25) is 0 Å². The molecular weight excluding hydrogens is 240 g/mol. The fourth-order valence-electron chi connectivity index (χ4n) is 2.89. The molecule has 1 aromatic rings. The molecule has 2 unspecified atom stereocenters. The molecule has 0 amide bonds. The second-order valence-electron chi connectivity index (χ2n) is 5.50. The van der Waals surface area contributed by atoms with Gasteiger partial charge in [-0.3, -0.25) is 0 Å². The molecule has 1 heterocycles. The SMILES string of the molecule is CC1CC(C)CN(c2ccc(C(=O)O)cc2C#N)C1. The van der Waals surface area contributed by atoms with E-state index in [9.17, 15) is 10.1 Å². The monoisotopic (exact) mass is 258 g/mol. The number of carboxylic acid groups (broad SMARTS) is 1. The largest absolute Gasteiger partial charge is 0.478 e. The number of nitrogens with zero attached hydrogens (tertiary/aromatic N) is 2. The summed E-state index contributed by atoms with van der Waals surface area (Å²) in [6.45, 7) is 6.26. The summed E-state index contributed by atoms with van der Waals surface area (Å²) in [6, 6.07) is 6.90. The Bertz CT molecular complexity index is 523. The van der Waals surface area contributed by atoms with Gasteiger partial charge >= 0.3 is 5.97 Å². The summed E-state index contributed by atoms with van der Waals surface area (Å²) in [7, 11) is 0.